The van der Waals surface area contributed by atoms with Crippen molar-refractivity contribution in [3.8, 4) is 28.6 Å². The van der Waals surface area contributed by atoms with Crippen molar-refractivity contribution >= 4 is 22.7 Å². The number of thioether (sulfide) groups is 1. The van der Waals surface area contributed by atoms with E-state index >= 15 is 0 Å². The molecule has 37 heavy (non-hydrogen) atoms. The van der Waals surface area contributed by atoms with Crippen LogP contribution < -0.4 is 19.8 Å². The van der Waals surface area contributed by atoms with Crippen molar-refractivity contribution in [2.45, 2.75) is 24.4 Å². The Morgan fingerprint density at radius 2 is 1.84 bits per heavy atom. The van der Waals surface area contributed by atoms with Gasteiger partial charge in [0, 0.05) is 5.56 Å². The van der Waals surface area contributed by atoms with Gasteiger partial charge in [0.05, 0.1) is 29.8 Å². The Balaban J connectivity index is 1.27. The second-order valence-corrected chi connectivity index (χ2v) is 9.19. The number of ether oxygens (including phenoxy) is 3. The average Bonchev–Trinajstić information content (AvgIpc) is 3.59. The number of rotatable bonds is 8. The fraction of sp³-hybridized carbons (Fsp3) is 0.185. The molecule has 3 aromatic carbocycles. The Bertz CT molecular complexity index is 1630. The lowest BCUT2D eigenvalue weighted by Gasteiger charge is -2.13. The topological polar surface area (TPSA) is 102 Å². The lowest BCUT2D eigenvalue weighted by Crippen LogP contribution is -2.24. The van der Waals surface area contributed by atoms with E-state index in [1.165, 1.54) is 11.8 Å². The Hall–Kier alpha value is -4.31. The van der Waals surface area contributed by atoms with E-state index in [1.54, 1.807) is 10.6 Å². The summed E-state index contributed by atoms with van der Waals surface area (Å²) in [5.41, 5.74) is 2.25. The van der Waals surface area contributed by atoms with Gasteiger partial charge in [-0.1, -0.05) is 35.1 Å². The molecule has 0 spiro atoms. The molecule has 3 heterocycles. The molecule has 0 radical (unpaired) electrons. The summed E-state index contributed by atoms with van der Waals surface area (Å²) in [6.45, 7) is 3.07. The second-order valence-electron chi connectivity index (χ2n) is 8.25. The van der Waals surface area contributed by atoms with Crippen LogP contribution in [0.3, 0.4) is 0 Å². The molecule has 0 saturated heterocycles. The van der Waals surface area contributed by atoms with Gasteiger partial charge in [0.2, 0.25) is 18.5 Å². The molecule has 0 fully saturated rings. The van der Waals surface area contributed by atoms with Gasteiger partial charge in [-0.2, -0.15) is 4.98 Å². The predicted molar refractivity (Wildman–Crippen MR) is 138 cm³/mol. The fourth-order valence-electron chi connectivity index (χ4n) is 4.04. The molecular formula is C27H22N4O5S. The van der Waals surface area contributed by atoms with Gasteiger partial charge in [-0.25, -0.2) is 4.98 Å². The minimum absolute atomic E-state index is 0.119. The van der Waals surface area contributed by atoms with Crippen molar-refractivity contribution in [2.24, 2.45) is 0 Å². The summed E-state index contributed by atoms with van der Waals surface area (Å²) in [7, 11) is 0. The van der Waals surface area contributed by atoms with Crippen molar-refractivity contribution in [1.82, 2.24) is 19.7 Å². The highest BCUT2D eigenvalue weighted by Gasteiger charge is 2.17. The average molecular weight is 515 g/mol. The van der Waals surface area contributed by atoms with Gasteiger partial charge in [0.15, 0.2) is 16.7 Å². The third-order valence-corrected chi connectivity index (χ3v) is 6.78. The number of aromatic nitrogens is 4. The first-order chi connectivity index (χ1) is 18.2. The lowest BCUT2D eigenvalue weighted by molar-refractivity contribution is 0.174. The first-order valence-electron chi connectivity index (χ1n) is 11.7. The molecule has 0 atom stereocenters. The summed E-state index contributed by atoms with van der Waals surface area (Å²) < 4.78 is 23.6. The Labute approximate surface area is 216 Å². The van der Waals surface area contributed by atoms with Crippen LogP contribution in [-0.4, -0.2) is 33.1 Å². The molecular weight excluding hydrogens is 492 g/mol. The van der Waals surface area contributed by atoms with E-state index < -0.39 is 0 Å². The molecule has 0 bridgehead atoms. The smallest absolute Gasteiger partial charge is 0.262 e. The SMILES string of the molecule is CCOc1ccc(-c2noc(CSc3nc4ccccc4c(=O)n3Cc3ccc4c(c3)OCO4)n2)cc1. The summed E-state index contributed by atoms with van der Waals surface area (Å²) in [6, 6.07) is 20.5. The van der Waals surface area contributed by atoms with Crippen molar-refractivity contribution in [3.63, 3.8) is 0 Å². The molecule has 186 valence electrons. The van der Waals surface area contributed by atoms with Crippen LogP contribution in [0.2, 0.25) is 0 Å². The molecule has 0 aliphatic carbocycles. The first-order valence-corrected chi connectivity index (χ1v) is 12.7. The maximum absolute atomic E-state index is 13.5. The molecule has 10 heteroatoms. The van der Waals surface area contributed by atoms with Gasteiger partial charge >= 0.3 is 0 Å². The Morgan fingerprint density at radius 3 is 2.70 bits per heavy atom. The predicted octanol–water partition coefficient (Wildman–Crippen LogP) is 4.91. The number of hydrogen-bond donors (Lipinski definition) is 0. The molecule has 0 unspecified atom stereocenters. The van der Waals surface area contributed by atoms with Crippen LogP contribution in [0.4, 0.5) is 0 Å². The molecule has 0 N–H and O–H groups in total. The molecule has 1 aliphatic rings. The van der Waals surface area contributed by atoms with Crippen LogP contribution in [0.15, 0.2) is 81.2 Å². The summed E-state index contributed by atoms with van der Waals surface area (Å²) in [6.07, 6.45) is 0. The van der Waals surface area contributed by atoms with Crippen LogP contribution in [0.5, 0.6) is 17.2 Å². The van der Waals surface area contributed by atoms with E-state index in [2.05, 4.69) is 10.1 Å². The first kappa shape index (κ1) is 23.1. The molecule has 6 rings (SSSR count). The molecule has 2 aromatic heterocycles. The Kier molecular flexibility index (Phi) is 6.23. The third-order valence-electron chi connectivity index (χ3n) is 5.82. The van der Waals surface area contributed by atoms with E-state index in [0.717, 1.165) is 16.9 Å². The van der Waals surface area contributed by atoms with E-state index in [-0.39, 0.29) is 12.4 Å². The fourth-order valence-corrected chi connectivity index (χ4v) is 4.88. The monoisotopic (exact) mass is 514 g/mol. The normalized spacial score (nSPS) is 12.2. The number of nitrogens with zero attached hydrogens (tertiary/aromatic N) is 4. The highest BCUT2D eigenvalue weighted by atomic mass is 32.2. The summed E-state index contributed by atoms with van der Waals surface area (Å²) in [4.78, 5) is 22.8. The summed E-state index contributed by atoms with van der Waals surface area (Å²) in [5, 5.41) is 5.23. The standard InChI is InChI=1S/C27H22N4O5S/c1-2-33-19-10-8-18(9-11-19)25-29-24(36-30-25)15-37-27-28-21-6-4-3-5-20(21)26(32)31(27)14-17-7-12-22-23(13-17)35-16-34-22/h3-13H,2,14-16H2,1H3. The summed E-state index contributed by atoms with van der Waals surface area (Å²) in [5.74, 6) is 3.43. The van der Waals surface area contributed by atoms with Gasteiger partial charge in [0.25, 0.3) is 5.56 Å². The maximum Gasteiger partial charge on any atom is 0.262 e. The number of benzene rings is 3. The minimum atomic E-state index is -0.119. The number of hydrogen-bond acceptors (Lipinski definition) is 9. The van der Waals surface area contributed by atoms with Crippen molar-refractivity contribution < 1.29 is 18.7 Å². The highest BCUT2D eigenvalue weighted by molar-refractivity contribution is 7.98. The van der Waals surface area contributed by atoms with E-state index in [1.807, 2.05) is 67.6 Å². The van der Waals surface area contributed by atoms with Crippen LogP contribution in [0.25, 0.3) is 22.3 Å². The van der Waals surface area contributed by atoms with Gasteiger partial charge in [0.1, 0.15) is 5.75 Å². The molecule has 5 aromatic rings. The quantitative estimate of drug-likeness (QED) is 0.211. The van der Waals surface area contributed by atoms with Gasteiger partial charge in [-0.05, 0) is 61.0 Å². The second kappa shape index (κ2) is 9.98. The van der Waals surface area contributed by atoms with E-state index in [4.69, 9.17) is 23.7 Å². The van der Waals surface area contributed by atoms with Crippen LogP contribution in [0, 0.1) is 0 Å². The zero-order valence-electron chi connectivity index (χ0n) is 19.9. The van der Waals surface area contributed by atoms with E-state index in [9.17, 15) is 4.79 Å². The Morgan fingerprint density at radius 1 is 1.00 bits per heavy atom. The van der Waals surface area contributed by atoms with Crippen molar-refractivity contribution in [1.29, 1.82) is 0 Å². The zero-order valence-corrected chi connectivity index (χ0v) is 20.7. The van der Waals surface area contributed by atoms with Gasteiger partial charge in [-0.3, -0.25) is 9.36 Å². The van der Waals surface area contributed by atoms with E-state index in [0.29, 0.717) is 58.2 Å². The molecule has 0 amide bonds. The van der Waals surface area contributed by atoms with Gasteiger partial charge in [-0.15, -0.1) is 0 Å². The van der Waals surface area contributed by atoms with Gasteiger partial charge < -0.3 is 18.7 Å². The minimum Gasteiger partial charge on any atom is -0.494 e. The van der Waals surface area contributed by atoms with Crippen LogP contribution in [0.1, 0.15) is 18.4 Å². The number of para-hydroxylation sites is 1. The molecule has 1 aliphatic heterocycles. The molecule has 0 saturated carbocycles. The molecule has 9 nitrogen and oxygen atoms in total. The maximum atomic E-state index is 13.5. The zero-order chi connectivity index (χ0) is 25.2. The largest absolute Gasteiger partial charge is 0.494 e. The van der Waals surface area contributed by atoms with Crippen LogP contribution in [-0.2, 0) is 12.3 Å². The lowest BCUT2D eigenvalue weighted by atomic mass is 10.2. The highest BCUT2D eigenvalue weighted by Crippen LogP contribution is 2.33. The van der Waals surface area contributed by atoms with Crippen LogP contribution >= 0.6 is 11.8 Å². The van der Waals surface area contributed by atoms with Crippen molar-refractivity contribution in [2.75, 3.05) is 13.4 Å². The van der Waals surface area contributed by atoms with Crippen molar-refractivity contribution in [3.05, 3.63) is 88.5 Å². The summed E-state index contributed by atoms with van der Waals surface area (Å²) >= 11 is 1.37. The number of fused-ring (bicyclic) bond motifs is 2. The third kappa shape index (κ3) is 4.75.